The molecule has 3 aromatic rings. The van der Waals surface area contributed by atoms with Gasteiger partial charge in [-0.15, -0.1) is 0 Å². The number of ether oxygens (including phenoxy) is 1. The van der Waals surface area contributed by atoms with Gasteiger partial charge in [-0.2, -0.15) is 0 Å². The van der Waals surface area contributed by atoms with Crippen molar-refractivity contribution in [2.24, 2.45) is 0 Å². The highest BCUT2D eigenvalue weighted by Crippen LogP contribution is 2.38. The summed E-state index contributed by atoms with van der Waals surface area (Å²) in [6.45, 7) is 12.5. The minimum Gasteiger partial charge on any atom is -0.444 e. The summed E-state index contributed by atoms with van der Waals surface area (Å²) in [7, 11) is -1.53. The average molecular weight is 396 g/mol. The lowest BCUT2D eigenvalue weighted by Crippen LogP contribution is -2.39. The normalized spacial score (nSPS) is 19.5. The lowest BCUT2D eigenvalue weighted by atomic mass is 10.1. The fraction of sp³-hybridized carbons (Fsp3) is 0.455. The number of aromatic amines is 1. The smallest absolute Gasteiger partial charge is 0.410 e. The molecule has 0 spiro atoms. The van der Waals surface area contributed by atoms with Crippen LogP contribution in [0.5, 0.6) is 0 Å². The molecule has 1 aliphatic rings. The van der Waals surface area contributed by atoms with Gasteiger partial charge in [0.25, 0.3) is 0 Å². The summed E-state index contributed by atoms with van der Waals surface area (Å²) in [5.41, 5.74) is 2.73. The van der Waals surface area contributed by atoms with E-state index in [-0.39, 0.29) is 12.1 Å². The fourth-order valence-corrected chi connectivity index (χ4v) is 6.99. The molecule has 148 valence electrons. The van der Waals surface area contributed by atoms with E-state index in [1.165, 1.54) is 10.9 Å². The van der Waals surface area contributed by atoms with Gasteiger partial charge in [0.15, 0.2) is 0 Å². The molecule has 2 aromatic carbocycles. The summed E-state index contributed by atoms with van der Waals surface area (Å²) >= 11 is 0. The highest BCUT2D eigenvalue weighted by atomic mass is 28.3. The van der Waals surface area contributed by atoms with Crippen LogP contribution in [0.3, 0.4) is 0 Å². The van der Waals surface area contributed by atoms with Crippen LogP contribution >= 0.6 is 0 Å². The van der Waals surface area contributed by atoms with Crippen LogP contribution in [0.15, 0.2) is 30.3 Å². The maximum Gasteiger partial charge on any atom is 0.410 e. The Kier molecular flexibility index (Phi) is 4.30. The van der Waals surface area contributed by atoms with Crippen LogP contribution in [0.2, 0.25) is 19.1 Å². The molecule has 2 heterocycles. The maximum atomic E-state index is 12.9. The topological polar surface area (TPSA) is 58.2 Å². The number of nitrogens with one attached hydrogen (secondary N) is 1. The Labute approximate surface area is 167 Å². The first-order chi connectivity index (χ1) is 13.0. The number of carbonyl (C=O) groups is 1. The van der Waals surface area contributed by atoms with Crippen molar-refractivity contribution in [2.75, 3.05) is 6.17 Å². The molecule has 1 amide bonds. The van der Waals surface area contributed by atoms with E-state index < -0.39 is 13.7 Å². The number of imidazole rings is 1. The van der Waals surface area contributed by atoms with Gasteiger partial charge in [-0.05, 0) is 45.2 Å². The van der Waals surface area contributed by atoms with E-state index in [2.05, 4.69) is 55.3 Å². The third-order valence-electron chi connectivity index (χ3n) is 5.31. The van der Waals surface area contributed by atoms with E-state index in [9.17, 15) is 4.79 Å². The number of aryl methyl sites for hydroxylation is 1. The lowest BCUT2D eigenvalue weighted by Gasteiger charge is -2.28. The quantitative estimate of drug-likeness (QED) is 0.548. The number of hydrogen-bond acceptors (Lipinski definition) is 3. The van der Waals surface area contributed by atoms with Gasteiger partial charge in [0.2, 0.25) is 0 Å². The van der Waals surface area contributed by atoms with Crippen molar-refractivity contribution in [3.8, 4) is 0 Å². The van der Waals surface area contributed by atoms with Gasteiger partial charge in [0.05, 0.1) is 25.1 Å². The summed E-state index contributed by atoms with van der Waals surface area (Å²) in [5, 5.41) is 2.33. The van der Waals surface area contributed by atoms with Gasteiger partial charge in [0.1, 0.15) is 11.4 Å². The van der Waals surface area contributed by atoms with Crippen LogP contribution in [-0.4, -0.2) is 40.8 Å². The van der Waals surface area contributed by atoms with E-state index in [4.69, 9.17) is 9.72 Å². The monoisotopic (exact) mass is 395 g/mol. The first kappa shape index (κ1) is 19.0. The van der Waals surface area contributed by atoms with Gasteiger partial charge in [-0.1, -0.05) is 42.9 Å². The second-order valence-electron chi connectivity index (χ2n) is 9.80. The molecule has 0 radical (unpaired) electrons. The van der Waals surface area contributed by atoms with Gasteiger partial charge in [-0.3, -0.25) is 0 Å². The Morgan fingerprint density at radius 2 is 2.00 bits per heavy atom. The van der Waals surface area contributed by atoms with Crippen LogP contribution < -0.4 is 0 Å². The molecule has 4 rings (SSSR count). The van der Waals surface area contributed by atoms with Crippen LogP contribution in [0.1, 0.15) is 38.2 Å². The van der Waals surface area contributed by atoms with E-state index in [0.29, 0.717) is 0 Å². The predicted octanol–water partition coefficient (Wildman–Crippen LogP) is 5.56. The molecule has 1 atom stereocenters. The van der Waals surface area contributed by atoms with E-state index in [1.54, 1.807) is 0 Å². The molecular weight excluding hydrogens is 366 g/mol. The molecule has 28 heavy (non-hydrogen) atoms. The molecular formula is C22H29N3O2Si. The number of aromatic nitrogens is 2. The highest BCUT2D eigenvalue weighted by Gasteiger charge is 2.45. The Morgan fingerprint density at radius 1 is 1.25 bits per heavy atom. The zero-order valence-corrected chi connectivity index (χ0v) is 18.6. The number of rotatable bonds is 1. The van der Waals surface area contributed by atoms with Gasteiger partial charge >= 0.3 is 6.09 Å². The molecule has 1 aliphatic heterocycles. The summed E-state index contributed by atoms with van der Waals surface area (Å²) in [4.78, 5) is 23.2. The van der Waals surface area contributed by atoms with Gasteiger partial charge in [-0.25, -0.2) is 9.78 Å². The van der Waals surface area contributed by atoms with Crippen LogP contribution in [0, 0.1) is 6.92 Å². The summed E-state index contributed by atoms with van der Waals surface area (Å²) in [5.74, 6) is 0.868. The molecule has 1 saturated heterocycles. The molecule has 5 nitrogen and oxygen atoms in total. The van der Waals surface area contributed by atoms with Crippen LogP contribution in [0.4, 0.5) is 4.79 Å². The minimum absolute atomic E-state index is 0.0515. The Balaban J connectivity index is 1.76. The average Bonchev–Trinajstić information content (AvgIpc) is 3.13. The first-order valence-corrected chi connectivity index (χ1v) is 13.3. The van der Waals surface area contributed by atoms with E-state index in [1.807, 2.05) is 25.7 Å². The van der Waals surface area contributed by atoms with Crippen molar-refractivity contribution in [1.29, 1.82) is 0 Å². The largest absolute Gasteiger partial charge is 0.444 e. The zero-order chi connectivity index (χ0) is 20.3. The lowest BCUT2D eigenvalue weighted by molar-refractivity contribution is 0.0229. The SMILES string of the molecule is Cc1ccc2c(ccc3[nH]c(C4C[Si](C)(C)CN4C(=O)OC(C)(C)C)nc32)c1. The van der Waals surface area contributed by atoms with Gasteiger partial charge < -0.3 is 14.6 Å². The Morgan fingerprint density at radius 3 is 2.71 bits per heavy atom. The zero-order valence-electron chi connectivity index (χ0n) is 17.6. The van der Waals surface area contributed by atoms with Crippen molar-refractivity contribution >= 4 is 36.0 Å². The van der Waals surface area contributed by atoms with Crippen molar-refractivity contribution in [3.05, 3.63) is 41.7 Å². The highest BCUT2D eigenvalue weighted by molar-refractivity contribution is 6.78. The Bertz CT molecular complexity index is 1060. The molecule has 1 unspecified atom stereocenters. The molecule has 6 heteroatoms. The van der Waals surface area contributed by atoms with E-state index >= 15 is 0 Å². The molecule has 1 N–H and O–H groups in total. The number of nitrogens with zero attached hydrogens (tertiary/aromatic N) is 2. The standard InChI is InChI=1S/C22H29N3O2Si/c1-14-7-9-16-15(11-14)8-10-17-19(16)24-20(23-17)18-12-28(5,6)13-25(18)21(26)27-22(2,3)4/h7-11,18H,12-13H2,1-6H3,(H,23,24). The number of carbonyl (C=O) groups excluding carboxylic acids is 1. The van der Waals surface area contributed by atoms with E-state index in [0.717, 1.165) is 34.5 Å². The second kappa shape index (κ2) is 6.34. The predicted molar refractivity (Wildman–Crippen MR) is 116 cm³/mol. The summed E-state index contributed by atoms with van der Waals surface area (Å²) < 4.78 is 5.69. The second-order valence-corrected chi connectivity index (χ2v) is 14.9. The first-order valence-electron chi connectivity index (χ1n) is 9.91. The summed E-state index contributed by atoms with van der Waals surface area (Å²) in [6.07, 6.45) is 0.556. The number of hydrogen-bond donors (Lipinski definition) is 1. The van der Waals surface area contributed by atoms with Crippen LogP contribution in [-0.2, 0) is 4.74 Å². The number of H-pyrrole nitrogens is 1. The Hall–Kier alpha value is -2.34. The van der Waals surface area contributed by atoms with Crippen molar-refractivity contribution in [2.45, 2.75) is 58.5 Å². The third-order valence-corrected chi connectivity index (χ3v) is 7.99. The van der Waals surface area contributed by atoms with Crippen LogP contribution in [0.25, 0.3) is 21.8 Å². The number of fused-ring (bicyclic) bond motifs is 3. The molecule has 1 fully saturated rings. The third kappa shape index (κ3) is 3.53. The molecule has 0 aliphatic carbocycles. The molecule has 1 aromatic heterocycles. The number of benzene rings is 2. The van der Waals surface area contributed by atoms with Crippen molar-refractivity contribution < 1.29 is 9.53 Å². The van der Waals surface area contributed by atoms with Crippen molar-refractivity contribution in [3.63, 3.8) is 0 Å². The fourth-order valence-electron chi connectivity index (χ4n) is 4.12. The maximum absolute atomic E-state index is 12.9. The molecule has 0 bridgehead atoms. The minimum atomic E-state index is -1.53. The van der Waals surface area contributed by atoms with Crippen molar-refractivity contribution in [1.82, 2.24) is 14.9 Å². The summed E-state index contributed by atoms with van der Waals surface area (Å²) in [6, 6.07) is 11.6. The molecule has 0 saturated carbocycles. The van der Waals surface area contributed by atoms with Gasteiger partial charge in [0, 0.05) is 11.6 Å². The number of amides is 1.